The molecule has 0 saturated heterocycles. The molecule has 1 amide bonds. The number of rotatable bonds is 6. The Morgan fingerprint density at radius 1 is 1.06 bits per heavy atom. The van der Waals surface area contributed by atoms with Gasteiger partial charge in [0.15, 0.2) is 5.13 Å². The van der Waals surface area contributed by atoms with Crippen LogP contribution in [0.25, 0.3) is 16.9 Å². The topological polar surface area (TPSA) is 97.6 Å². The van der Waals surface area contributed by atoms with Crippen molar-refractivity contribution >= 4 is 33.8 Å². The number of carbonyl (C=O) groups excluding carboxylic acids is 1. The highest BCUT2D eigenvalue weighted by Crippen LogP contribution is 2.28. The zero-order valence-electron chi connectivity index (χ0n) is 17.6. The third-order valence-corrected chi connectivity index (χ3v) is 5.75. The lowest BCUT2D eigenvalue weighted by molar-refractivity contribution is 0.102. The monoisotopic (exact) mass is 453 g/mol. The first kappa shape index (κ1) is 20.5. The number of carbonyl (C=O) groups is 1. The maximum atomic E-state index is 12.9. The van der Waals surface area contributed by atoms with Gasteiger partial charge in [-0.2, -0.15) is 5.10 Å². The first-order valence-corrected chi connectivity index (χ1v) is 11.0. The summed E-state index contributed by atoms with van der Waals surface area (Å²) in [4.78, 5) is 25.7. The average Bonchev–Trinajstić information content (AvgIpc) is 3.54. The minimum absolute atomic E-state index is 0.205. The number of pyridine rings is 1. The molecule has 0 unspecified atom stereocenters. The van der Waals surface area contributed by atoms with Crippen molar-refractivity contribution in [1.82, 2.24) is 24.7 Å². The van der Waals surface area contributed by atoms with Gasteiger partial charge in [-0.05, 0) is 55.0 Å². The molecule has 9 heteroatoms. The van der Waals surface area contributed by atoms with Crippen molar-refractivity contribution in [1.29, 1.82) is 0 Å². The molecule has 0 spiro atoms. The summed E-state index contributed by atoms with van der Waals surface area (Å²) < 4.78 is 1.64. The number of thiazole rings is 1. The lowest BCUT2D eigenvalue weighted by Crippen LogP contribution is -2.12. The molecule has 0 aliphatic heterocycles. The zero-order valence-corrected chi connectivity index (χ0v) is 18.5. The van der Waals surface area contributed by atoms with Gasteiger partial charge in [-0.15, -0.1) is 11.3 Å². The van der Waals surface area contributed by atoms with Crippen LogP contribution in [0.3, 0.4) is 0 Å². The Balaban J connectivity index is 1.33. The van der Waals surface area contributed by atoms with Gasteiger partial charge in [-0.1, -0.05) is 12.1 Å². The van der Waals surface area contributed by atoms with Gasteiger partial charge in [0, 0.05) is 40.3 Å². The molecule has 0 aliphatic carbocycles. The van der Waals surface area contributed by atoms with Crippen molar-refractivity contribution in [2.24, 2.45) is 0 Å². The molecule has 0 bridgehead atoms. The van der Waals surface area contributed by atoms with E-state index in [2.05, 4.69) is 30.7 Å². The number of nitrogens with one attached hydrogen (secondary N) is 2. The van der Waals surface area contributed by atoms with Crippen molar-refractivity contribution in [3.8, 4) is 16.9 Å². The van der Waals surface area contributed by atoms with Crippen molar-refractivity contribution in [2.75, 3.05) is 10.6 Å². The van der Waals surface area contributed by atoms with Crippen LogP contribution in [0, 0.1) is 6.92 Å². The molecular formula is C24H19N7OS. The molecule has 3 aromatic heterocycles. The van der Waals surface area contributed by atoms with Gasteiger partial charge in [-0.3, -0.25) is 9.78 Å². The van der Waals surface area contributed by atoms with E-state index in [1.165, 1.54) is 17.7 Å². The van der Waals surface area contributed by atoms with Crippen LogP contribution in [-0.2, 0) is 0 Å². The zero-order chi connectivity index (χ0) is 22.6. The predicted octanol–water partition coefficient (Wildman–Crippen LogP) is 5.09. The molecule has 162 valence electrons. The van der Waals surface area contributed by atoms with E-state index in [9.17, 15) is 4.79 Å². The second kappa shape index (κ2) is 9.01. The normalized spacial score (nSPS) is 10.7. The number of hydrogen-bond acceptors (Lipinski definition) is 7. The highest BCUT2D eigenvalue weighted by molar-refractivity contribution is 7.14. The van der Waals surface area contributed by atoms with E-state index in [0.717, 1.165) is 33.3 Å². The Morgan fingerprint density at radius 3 is 2.82 bits per heavy atom. The number of benzene rings is 2. The summed E-state index contributed by atoms with van der Waals surface area (Å²) in [5.74, 6) is -0.205. The molecule has 0 fully saturated rings. The van der Waals surface area contributed by atoms with E-state index in [4.69, 9.17) is 0 Å². The van der Waals surface area contributed by atoms with Gasteiger partial charge in [-0.25, -0.2) is 14.6 Å². The average molecular weight is 454 g/mol. The summed E-state index contributed by atoms with van der Waals surface area (Å²) in [5, 5.41) is 13.1. The molecular weight excluding hydrogens is 434 g/mol. The number of aromatic nitrogens is 5. The maximum absolute atomic E-state index is 12.9. The van der Waals surface area contributed by atoms with Crippen molar-refractivity contribution in [2.45, 2.75) is 6.92 Å². The third kappa shape index (κ3) is 4.63. The van der Waals surface area contributed by atoms with Crippen molar-refractivity contribution < 1.29 is 4.79 Å². The number of aryl methyl sites for hydroxylation is 1. The first-order chi connectivity index (χ1) is 16.2. The largest absolute Gasteiger partial charge is 0.331 e. The van der Waals surface area contributed by atoms with E-state index < -0.39 is 0 Å². The quantitative estimate of drug-likeness (QED) is 0.372. The molecule has 2 N–H and O–H groups in total. The van der Waals surface area contributed by atoms with Gasteiger partial charge >= 0.3 is 0 Å². The Kier molecular flexibility index (Phi) is 5.61. The van der Waals surface area contributed by atoms with E-state index in [1.807, 2.05) is 60.8 Å². The molecule has 8 nitrogen and oxygen atoms in total. The van der Waals surface area contributed by atoms with E-state index in [-0.39, 0.29) is 5.91 Å². The fourth-order valence-electron chi connectivity index (χ4n) is 3.26. The van der Waals surface area contributed by atoms with Crippen LogP contribution in [0.15, 0.2) is 85.0 Å². The lowest BCUT2D eigenvalue weighted by Gasteiger charge is -2.11. The molecule has 0 atom stereocenters. The van der Waals surface area contributed by atoms with Gasteiger partial charge in [0.2, 0.25) is 0 Å². The number of hydrogen-bond donors (Lipinski definition) is 2. The SMILES string of the molecule is Cc1ccc(C(=O)Nc2cccc(-n3cncn3)c2)cc1Nc1nc(-c2cccnc2)cs1. The first-order valence-electron chi connectivity index (χ1n) is 10.2. The van der Waals surface area contributed by atoms with Crippen molar-refractivity contribution in [3.63, 3.8) is 0 Å². The van der Waals surface area contributed by atoms with Gasteiger partial charge in [0.25, 0.3) is 5.91 Å². The van der Waals surface area contributed by atoms with E-state index in [0.29, 0.717) is 11.3 Å². The third-order valence-electron chi connectivity index (χ3n) is 4.99. The summed E-state index contributed by atoms with van der Waals surface area (Å²) in [6, 6.07) is 16.8. The summed E-state index contributed by atoms with van der Waals surface area (Å²) >= 11 is 1.50. The van der Waals surface area contributed by atoms with Gasteiger partial charge < -0.3 is 10.6 Å². The van der Waals surface area contributed by atoms with Crippen LogP contribution in [0.5, 0.6) is 0 Å². The molecule has 2 aromatic carbocycles. The fourth-order valence-corrected chi connectivity index (χ4v) is 3.99. The summed E-state index contributed by atoms with van der Waals surface area (Å²) in [5.41, 5.74) is 5.67. The lowest BCUT2D eigenvalue weighted by atomic mass is 10.1. The maximum Gasteiger partial charge on any atom is 0.255 e. The van der Waals surface area contributed by atoms with E-state index in [1.54, 1.807) is 29.5 Å². The summed E-state index contributed by atoms with van der Waals surface area (Å²) in [7, 11) is 0. The molecule has 5 rings (SSSR count). The predicted molar refractivity (Wildman–Crippen MR) is 129 cm³/mol. The van der Waals surface area contributed by atoms with Crippen LogP contribution in [0.2, 0.25) is 0 Å². The minimum atomic E-state index is -0.205. The summed E-state index contributed by atoms with van der Waals surface area (Å²) in [6.45, 7) is 1.99. The van der Waals surface area contributed by atoms with Gasteiger partial charge in [0.05, 0.1) is 11.4 Å². The van der Waals surface area contributed by atoms with Crippen LogP contribution >= 0.6 is 11.3 Å². The molecule has 33 heavy (non-hydrogen) atoms. The number of amides is 1. The van der Waals surface area contributed by atoms with Crippen LogP contribution < -0.4 is 10.6 Å². The Bertz CT molecular complexity index is 1400. The number of nitrogens with zero attached hydrogens (tertiary/aromatic N) is 5. The minimum Gasteiger partial charge on any atom is -0.331 e. The molecule has 0 radical (unpaired) electrons. The smallest absolute Gasteiger partial charge is 0.255 e. The highest BCUT2D eigenvalue weighted by Gasteiger charge is 2.11. The Morgan fingerprint density at radius 2 is 2.00 bits per heavy atom. The molecule has 0 aliphatic rings. The molecule has 5 aromatic rings. The second-order valence-corrected chi connectivity index (χ2v) is 8.14. The van der Waals surface area contributed by atoms with E-state index >= 15 is 0 Å². The highest BCUT2D eigenvalue weighted by atomic mass is 32.1. The number of anilines is 3. The van der Waals surface area contributed by atoms with Crippen LogP contribution in [0.1, 0.15) is 15.9 Å². The Hall–Kier alpha value is -4.37. The van der Waals surface area contributed by atoms with Crippen LogP contribution in [0.4, 0.5) is 16.5 Å². The van der Waals surface area contributed by atoms with Crippen LogP contribution in [-0.4, -0.2) is 30.6 Å². The molecule has 3 heterocycles. The van der Waals surface area contributed by atoms with Crippen molar-refractivity contribution in [3.05, 3.63) is 96.2 Å². The standard InChI is InChI=1S/C24H19N7OS/c1-16-7-8-17(23(32)28-19-5-2-6-20(11-19)31-15-26-14-27-31)10-21(16)29-24-30-22(13-33-24)18-4-3-9-25-12-18/h2-15H,1H3,(H,28,32)(H,29,30). The fraction of sp³-hybridized carbons (Fsp3) is 0.0417. The van der Waals surface area contributed by atoms with Gasteiger partial charge in [0.1, 0.15) is 12.7 Å². The second-order valence-electron chi connectivity index (χ2n) is 7.28. The molecule has 0 saturated carbocycles. The summed E-state index contributed by atoms with van der Waals surface area (Å²) in [6.07, 6.45) is 6.60. The Labute approximate surface area is 194 Å².